The van der Waals surface area contributed by atoms with Crippen LogP contribution in [0, 0.1) is 25.2 Å². The Kier molecular flexibility index (Phi) is 6.67. The fourth-order valence-electron chi connectivity index (χ4n) is 2.24. The number of nitrogens with one attached hydrogen (secondary N) is 2. The number of benzene rings is 2. The summed E-state index contributed by atoms with van der Waals surface area (Å²) in [5.41, 5.74) is 3.30. The molecule has 27 heavy (non-hydrogen) atoms. The number of hydrogen-bond donors (Lipinski definition) is 2. The normalized spacial score (nSPS) is 9.81. The lowest BCUT2D eigenvalue weighted by molar-refractivity contribution is -0.119. The molecule has 0 radical (unpaired) electrons. The van der Waals surface area contributed by atoms with Gasteiger partial charge in [-0.3, -0.25) is 9.59 Å². The van der Waals surface area contributed by atoms with E-state index in [9.17, 15) is 14.4 Å². The summed E-state index contributed by atoms with van der Waals surface area (Å²) in [6.45, 7) is 3.38. The molecule has 0 aliphatic heterocycles. The molecule has 0 spiro atoms. The predicted octanol–water partition coefficient (Wildman–Crippen LogP) is 2.95. The number of nitriles is 1. The summed E-state index contributed by atoms with van der Waals surface area (Å²) < 4.78 is 5.01. The first-order valence-corrected chi connectivity index (χ1v) is 8.20. The van der Waals surface area contributed by atoms with Gasteiger partial charge in [0.05, 0.1) is 11.6 Å². The summed E-state index contributed by atoms with van der Waals surface area (Å²) in [5, 5.41) is 13.7. The Balaban J connectivity index is 1.88. The van der Waals surface area contributed by atoms with E-state index in [1.165, 1.54) is 24.3 Å². The van der Waals surface area contributed by atoms with E-state index in [0.29, 0.717) is 11.4 Å². The average Bonchev–Trinajstić information content (AvgIpc) is 2.63. The van der Waals surface area contributed by atoms with Crippen LogP contribution < -0.4 is 10.6 Å². The van der Waals surface area contributed by atoms with Crippen LogP contribution in [0.1, 0.15) is 27.9 Å². The summed E-state index contributed by atoms with van der Waals surface area (Å²) >= 11 is 0. The van der Waals surface area contributed by atoms with Gasteiger partial charge in [0.2, 0.25) is 5.91 Å². The van der Waals surface area contributed by atoms with Crippen LogP contribution in [0.15, 0.2) is 42.5 Å². The Hall–Kier alpha value is -3.66. The lowest BCUT2D eigenvalue weighted by atomic mass is 10.1. The molecule has 0 aliphatic rings. The molecule has 0 saturated heterocycles. The largest absolute Gasteiger partial charge is 0.452 e. The minimum absolute atomic E-state index is 0.243. The lowest BCUT2D eigenvalue weighted by Gasteiger charge is -2.10. The van der Waals surface area contributed by atoms with E-state index in [0.717, 1.165) is 11.1 Å². The van der Waals surface area contributed by atoms with E-state index in [4.69, 9.17) is 10.00 Å². The quantitative estimate of drug-likeness (QED) is 0.765. The van der Waals surface area contributed by atoms with Crippen LogP contribution in [0.5, 0.6) is 0 Å². The van der Waals surface area contributed by atoms with E-state index in [2.05, 4.69) is 10.6 Å². The summed E-state index contributed by atoms with van der Waals surface area (Å²) in [6.07, 6.45) is -0.251. The van der Waals surface area contributed by atoms with Gasteiger partial charge < -0.3 is 15.4 Å². The van der Waals surface area contributed by atoms with Crippen molar-refractivity contribution in [3.05, 3.63) is 59.2 Å². The van der Waals surface area contributed by atoms with E-state index in [1.54, 1.807) is 6.07 Å². The van der Waals surface area contributed by atoms with Crippen LogP contribution in [0.4, 0.5) is 11.4 Å². The van der Waals surface area contributed by atoms with E-state index >= 15 is 0 Å². The van der Waals surface area contributed by atoms with Crippen LogP contribution >= 0.6 is 0 Å². The van der Waals surface area contributed by atoms with Crippen LogP contribution in [0.2, 0.25) is 0 Å². The highest BCUT2D eigenvalue weighted by Gasteiger charge is 2.12. The highest BCUT2D eigenvalue weighted by molar-refractivity contribution is 5.96. The molecule has 2 aromatic carbocycles. The second kappa shape index (κ2) is 9.15. The van der Waals surface area contributed by atoms with Gasteiger partial charge in [-0.05, 0) is 55.3 Å². The first-order chi connectivity index (χ1) is 12.9. The third-order valence-corrected chi connectivity index (χ3v) is 3.65. The first kappa shape index (κ1) is 19.7. The van der Waals surface area contributed by atoms with Crippen molar-refractivity contribution < 1.29 is 19.1 Å². The van der Waals surface area contributed by atoms with Gasteiger partial charge in [0.1, 0.15) is 6.42 Å². The summed E-state index contributed by atoms with van der Waals surface area (Å²) in [4.78, 5) is 35.3. The number of esters is 1. The van der Waals surface area contributed by atoms with Crippen LogP contribution in [-0.2, 0) is 14.3 Å². The number of anilines is 2. The first-order valence-electron chi connectivity index (χ1n) is 8.20. The number of ether oxygens (including phenoxy) is 1. The number of carbonyl (C=O) groups is 3. The van der Waals surface area contributed by atoms with Crippen LogP contribution in [0.3, 0.4) is 0 Å². The van der Waals surface area contributed by atoms with Gasteiger partial charge in [0, 0.05) is 11.4 Å². The molecule has 2 rings (SSSR count). The van der Waals surface area contributed by atoms with E-state index < -0.39 is 24.4 Å². The molecule has 0 aromatic heterocycles. The molecule has 0 bridgehead atoms. The number of amides is 2. The monoisotopic (exact) mass is 365 g/mol. The van der Waals surface area contributed by atoms with Crippen molar-refractivity contribution in [3.63, 3.8) is 0 Å². The smallest absolute Gasteiger partial charge is 0.338 e. The molecule has 2 N–H and O–H groups in total. The molecule has 0 fully saturated rings. The number of carbonyl (C=O) groups excluding carboxylic acids is 3. The van der Waals surface area contributed by atoms with E-state index in [1.807, 2.05) is 32.0 Å². The average molecular weight is 365 g/mol. The molecule has 0 saturated carbocycles. The topological polar surface area (TPSA) is 108 Å². The van der Waals surface area contributed by atoms with Gasteiger partial charge in [-0.2, -0.15) is 5.26 Å². The molecule has 0 aliphatic carbocycles. The van der Waals surface area contributed by atoms with Crippen molar-refractivity contribution in [2.45, 2.75) is 20.3 Å². The Morgan fingerprint density at radius 1 is 1.00 bits per heavy atom. The maximum Gasteiger partial charge on any atom is 0.338 e. The highest BCUT2D eigenvalue weighted by atomic mass is 16.5. The standard InChI is InChI=1S/C20H19N3O4/c1-13-3-4-14(2)17(11-13)23-19(25)12-27-20(26)15-5-7-16(8-6-15)22-18(24)9-10-21/h3-8,11H,9,12H2,1-2H3,(H,22,24)(H,23,25). The fraction of sp³-hybridized carbons (Fsp3) is 0.200. The second-order valence-corrected chi connectivity index (χ2v) is 5.90. The molecular formula is C20H19N3O4. The van der Waals surface area contributed by atoms with Crippen molar-refractivity contribution >= 4 is 29.2 Å². The van der Waals surface area contributed by atoms with Gasteiger partial charge in [-0.25, -0.2) is 4.79 Å². The molecule has 7 nitrogen and oxygen atoms in total. The van der Waals surface area contributed by atoms with Crippen LogP contribution in [0.25, 0.3) is 0 Å². The minimum Gasteiger partial charge on any atom is -0.452 e. The summed E-state index contributed by atoms with van der Waals surface area (Å²) in [6, 6.07) is 13.4. The Morgan fingerprint density at radius 2 is 1.70 bits per heavy atom. The zero-order valence-electron chi connectivity index (χ0n) is 15.0. The number of hydrogen-bond acceptors (Lipinski definition) is 5. The zero-order chi connectivity index (χ0) is 19.8. The SMILES string of the molecule is Cc1ccc(C)c(NC(=O)COC(=O)c2ccc(NC(=O)CC#N)cc2)c1. The van der Waals surface area contributed by atoms with Gasteiger partial charge in [0.15, 0.2) is 6.61 Å². The van der Waals surface area contributed by atoms with Crippen molar-refractivity contribution in [2.75, 3.05) is 17.2 Å². The Bertz CT molecular complexity index is 898. The van der Waals surface area contributed by atoms with Gasteiger partial charge in [-0.1, -0.05) is 12.1 Å². The van der Waals surface area contributed by atoms with Crippen molar-refractivity contribution in [1.82, 2.24) is 0 Å². The fourth-order valence-corrected chi connectivity index (χ4v) is 2.24. The molecular weight excluding hydrogens is 346 g/mol. The van der Waals surface area contributed by atoms with Crippen molar-refractivity contribution in [1.29, 1.82) is 5.26 Å². The van der Waals surface area contributed by atoms with Gasteiger partial charge in [0.25, 0.3) is 5.91 Å². The van der Waals surface area contributed by atoms with Gasteiger partial charge in [-0.15, -0.1) is 0 Å². The zero-order valence-corrected chi connectivity index (χ0v) is 15.0. The van der Waals surface area contributed by atoms with Gasteiger partial charge >= 0.3 is 5.97 Å². The third kappa shape index (κ3) is 5.97. The number of nitrogens with zero attached hydrogens (tertiary/aromatic N) is 1. The number of rotatable bonds is 6. The molecule has 2 aromatic rings. The Labute approximate surface area is 156 Å². The highest BCUT2D eigenvalue weighted by Crippen LogP contribution is 2.16. The molecule has 138 valence electrons. The maximum atomic E-state index is 12.0. The number of aryl methyl sites for hydroxylation is 2. The summed E-state index contributed by atoms with van der Waals surface area (Å²) in [7, 11) is 0. The second-order valence-electron chi connectivity index (χ2n) is 5.90. The van der Waals surface area contributed by atoms with Crippen LogP contribution in [-0.4, -0.2) is 24.4 Å². The molecule has 0 unspecified atom stereocenters. The maximum absolute atomic E-state index is 12.0. The molecule has 2 amide bonds. The lowest BCUT2D eigenvalue weighted by Crippen LogP contribution is -2.21. The van der Waals surface area contributed by atoms with Crippen molar-refractivity contribution in [2.24, 2.45) is 0 Å². The summed E-state index contributed by atoms with van der Waals surface area (Å²) in [5.74, 6) is -1.52. The van der Waals surface area contributed by atoms with E-state index in [-0.39, 0.29) is 12.0 Å². The van der Waals surface area contributed by atoms with Crippen molar-refractivity contribution in [3.8, 4) is 6.07 Å². The Morgan fingerprint density at radius 3 is 2.37 bits per heavy atom. The predicted molar refractivity (Wildman–Crippen MR) is 100 cm³/mol. The molecule has 0 heterocycles. The molecule has 7 heteroatoms. The third-order valence-electron chi connectivity index (χ3n) is 3.65. The molecule has 0 atom stereocenters. The minimum atomic E-state index is -0.652.